The minimum Gasteiger partial charge on any atom is -0.478 e. The van der Waals surface area contributed by atoms with Gasteiger partial charge in [-0.2, -0.15) is 5.10 Å². The number of nitrogens with one attached hydrogen (secondary N) is 2. The number of pyridine rings is 1. The van der Waals surface area contributed by atoms with E-state index in [1.807, 2.05) is 6.92 Å². The Hall–Kier alpha value is -2.08. The van der Waals surface area contributed by atoms with Gasteiger partial charge in [-0.15, -0.1) is 0 Å². The third-order valence-electron chi connectivity index (χ3n) is 2.08. The van der Waals surface area contributed by atoms with Crippen molar-refractivity contribution in [1.82, 2.24) is 15.2 Å². The molecule has 6 nitrogen and oxygen atoms in total. The fourth-order valence-electron chi connectivity index (χ4n) is 1.32. The molecule has 18 heavy (non-hydrogen) atoms. The van der Waals surface area contributed by atoms with E-state index in [1.165, 1.54) is 6.20 Å². The molecule has 0 saturated carbocycles. The summed E-state index contributed by atoms with van der Waals surface area (Å²) in [6.45, 7) is 2.30. The van der Waals surface area contributed by atoms with Gasteiger partial charge in [-0.05, 0) is 13.0 Å². The van der Waals surface area contributed by atoms with Gasteiger partial charge in [-0.1, -0.05) is 11.6 Å². The van der Waals surface area contributed by atoms with Gasteiger partial charge in [0.25, 0.3) is 5.91 Å². The number of anilines is 1. The van der Waals surface area contributed by atoms with Gasteiger partial charge >= 0.3 is 0 Å². The summed E-state index contributed by atoms with van der Waals surface area (Å²) >= 11 is 5.93. The molecule has 0 unspecified atom stereocenters. The molecule has 2 heterocycles. The molecular formula is C11H11ClN4O2. The highest BCUT2D eigenvalue weighted by atomic mass is 35.5. The van der Waals surface area contributed by atoms with Gasteiger partial charge in [-0.25, -0.2) is 4.98 Å². The molecule has 0 aliphatic rings. The van der Waals surface area contributed by atoms with Crippen molar-refractivity contribution in [2.45, 2.75) is 6.92 Å². The zero-order chi connectivity index (χ0) is 13.0. The van der Waals surface area contributed by atoms with Crippen LogP contribution in [0.3, 0.4) is 0 Å². The van der Waals surface area contributed by atoms with Crippen LogP contribution >= 0.6 is 11.6 Å². The number of hydrogen-bond donors (Lipinski definition) is 2. The molecule has 0 spiro atoms. The van der Waals surface area contributed by atoms with Crippen molar-refractivity contribution in [3.63, 3.8) is 0 Å². The average Bonchev–Trinajstić information content (AvgIpc) is 2.84. The number of aromatic amines is 1. The summed E-state index contributed by atoms with van der Waals surface area (Å²) in [4.78, 5) is 16.0. The predicted molar refractivity (Wildman–Crippen MR) is 67.0 cm³/mol. The lowest BCUT2D eigenvalue weighted by Gasteiger charge is -2.06. The lowest BCUT2D eigenvalue weighted by Crippen LogP contribution is -2.14. The molecule has 0 aliphatic carbocycles. The molecule has 7 heteroatoms. The van der Waals surface area contributed by atoms with Crippen LogP contribution in [0.2, 0.25) is 5.02 Å². The lowest BCUT2D eigenvalue weighted by atomic mass is 10.3. The van der Waals surface area contributed by atoms with E-state index < -0.39 is 5.91 Å². The Morgan fingerprint density at radius 3 is 3.06 bits per heavy atom. The fraction of sp³-hybridized carbons (Fsp3) is 0.182. The minimum absolute atomic E-state index is 0.115. The Morgan fingerprint density at radius 2 is 2.39 bits per heavy atom. The predicted octanol–water partition coefficient (Wildman–Crippen LogP) is 2.11. The Balaban J connectivity index is 2.20. The molecule has 0 radical (unpaired) electrons. The van der Waals surface area contributed by atoms with Crippen LogP contribution in [0.4, 0.5) is 5.69 Å². The van der Waals surface area contributed by atoms with Crippen molar-refractivity contribution in [2.24, 2.45) is 0 Å². The first kappa shape index (κ1) is 12.4. The van der Waals surface area contributed by atoms with Gasteiger partial charge < -0.3 is 10.1 Å². The first-order chi connectivity index (χ1) is 8.70. The summed E-state index contributed by atoms with van der Waals surface area (Å²) in [6, 6.07) is 3.18. The molecule has 2 rings (SSSR count). The van der Waals surface area contributed by atoms with Crippen molar-refractivity contribution < 1.29 is 9.53 Å². The second-order valence-corrected chi connectivity index (χ2v) is 3.76. The number of amides is 1. The van der Waals surface area contributed by atoms with Crippen molar-refractivity contribution in [1.29, 1.82) is 0 Å². The highest BCUT2D eigenvalue weighted by Crippen LogP contribution is 2.19. The number of H-pyrrole nitrogens is 1. The summed E-state index contributed by atoms with van der Waals surface area (Å²) in [6.07, 6.45) is 3.04. The second kappa shape index (κ2) is 5.50. The number of rotatable bonds is 4. The van der Waals surface area contributed by atoms with Gasteiger partial charge in [-0.3, -0.25) is 9.89 Å². The van der Waals surface area contributed by atoms with E-state index in [2.05, 4.69) is 20.5 Å². The highest BCUT2D eigenvalue weighted by molar-refractivity contribution is 6.34. The number of carbonyl (C=O) groups excluding carboxylic acids is 1. The molecule has 0 bridgehead atoms. The summed E-state index contributed by atoms with van der Waals surface area (Å²) in [5.74, 6) is -0.0535. The lowest BCUT2D eigenvalue weighted by molar-refractivity contribution is 0.102. The smallest absolute Gasteiger partial charge is 0.276 e. The zero-order valence-electron chi connectivity index (χ0n) is 9.61. The third-order valence-corrected chi connectivity index (χ3v) is 2.39. The molecule has 94 valence electrons. The van der Waals surface area contributed by atoms with Crippen molar-refractivity contribution in [3.05, 3.63) is 35.2 Å². The number of carbonyl (C=O) groups is 1. The number of aromatic nitrogens is 3. The molecule has 0 saturated heterocycles. The van der Waals surface area contributed by atoms with Crippen LogP contribution in [-0.2, 0) is 0 Å². The van der Waals surface area contributed by atoms with Crippen molar-refractivity contribution in [2.75, 3.05) is 11.9 Å². The number of hydrogen-bond acceptors (Lipinski definition) is 4. The maximum atomic E-state index is 11.9. The standard InChI is InChI=1S/C11H11ClN4O2/c1-2-18-9-4-3-8(12)10(16-9)11(17)15-7-5-13-14-6-7/h3-6H,2H2,1H3,(H,13,14)(H,15,17). The van der Waals surface area contributed by atoms with E-state index in [4.69, 9.17) is 16.3 Å². The van der Waals surface area contributed by atoms with Gasteiger partial charge in [0, 0.05) is 12.3 Å². The molecule has 0 fully saturated rings. The monoisotopic (exact) mass is 266 g/mol. The zero-order valence-corrected chi connectivity index (χ0v) is 10.4. The SMILES string of the molecule is CCOc1ccc(Cl)c(C(=O)Nc2cn[nH]c2)n1. The quantitative estimate of drug-likeness (QED) is 0.888. The van der Waals surface area contributed by atoms with E-state index >= 15 is 0 Å². The molecule has 2 N–H and O–H groups in total. The summed E-state index contributed by atoms with van der Waals surface area (Å²) < 4.78 is 5.22. The topological polar surface area (TPSA) is 79.9 Å². The van der Waals surface area contributed by atoms with Gasteiger partial charge in [0.15, 0.2) is 5.69 Å². The Labute approximate surface area is 108 Å². The summed E-state index contributed by atoms with van der Waals surface area (Å²) in [7, 11) is 0. The van der Waals surface area contributed by atoms with Crippen molar-refractivity contribution in [3.8, 4) is 5.88 Å². The largest absolute Gasteiger partial charge is 0.478 e. The van der Waals surface area contributed by atoms with E-state index in [9.17, 15) is 4.79 Å². The molecule has 2 aromatic heterocycles. The number of halogens is 1. The number of ether oxygens (including phenoxy) is 1. The van der Waals surface area contributed by atoms with E-state index in [0.29, 0.717) is 18.2 Å². The highest BCUT2D eigenvalue weighted by Gasteiger charge is 2.14. The van der Waals surface area contributed by atoms with Gasteiger partial charge in [0.05, 0.1) is 23.5 Å². The van der Waals surface area contributed by atoms with Crippen molar-refractivity contribution >= 4 is 23.2 Å². The number of nitrogens with zero attached hydrogens (tertiary/aromatic N) is 2. The fourth-order valence-corrected chi connectivity index (χ4v) is 1.51. The molecule has 0 aliphatic heterocycles. The molecule has 2 aromatic rings. The van der Waals surface area contributed by atoms with Crippen LogP contribution in [0, 0.1) is 0 Å². The average molecular weight is 267 g/mol. The van der Waals surface area contributed by atoms with Crippen LogP contribution < -0.4 is 10.1 Å². The second-order valence-electron chi connectivity index (χ2n) is 3.35. The third kappa shape index (κ3) is 2.78. The Kier molecular flexibility index (Phi) is 3.78. The van der Waals surface area contributed by atoms with Crippen LogP contribution in [0.5, 0.6) is 5.88 Å². The minimum atomic E-state index is -0.414. The van der Waals surface area contributed by atoms with Gasteiger partial charge in [0.2, 0.25) is 5.88 Å². The molecular weight excluding hydrogens is 256 g/mol. The Bertz CT molecular complexity index is 542. The maximum Gasteiger partial charge on any atom is 0.276 e. The van der Waals surface area contributed by atoms with E-state index in [0.717, 1.165) is 0 Å². The van der Waals surface area contributed by atoms with E-state index in [-0.39, 0.29) is 10.7 Å². The molecule has 0 atom stereocenters. The van der Waals surface area contributed by atoms with E-state index in [1.54, 1.807) is 18.3 Å². The van der Waals surface area contributed by atoms with Crippen LogP contribution in [-0.4, -0.2) is 27.7 Å². The maximum absolute atomic E-state index is 11.9. The summed E-state index contributed by atoms with van der Waals surface area (Å²) in [5, 5.41) is 9.19. The van der Waals surface area contributed by atoms with Crippen LogP contribution in [0.1, 0.15) is 17.4 Å². The first-order valence-electron chi connectivity index (χ1n) is 5.30. The summed E-state index contributed by atoms with van der Waals surface area (Å²) in [5.41, 5.74) is 0.656. The van der Waals surface area contributed by atoms with Gasteiger partial charge in [0.1, 0.15) is 0 Å². The normalized spacial score (nSPS) is 10.1. The van der Waals surface area contributed by atoms with Crippen LogP contribution in [0.15, 0.2) is 24.5 Å². The van der Waals surface area contributed by atoms with Crippen LogP contribution in [0.25, 0.3) is 0 Å². The first-order valence-corrected chi connectivity index (χ1v) is 5.68. The Morgan fingerprint density at radius 1 is 1.56 bits per heavy atom. The molecule has 1 amide bonds. The molecule has 0 aromatic carbocycles.